The highest BCUT2D eigenvalue weighted by Crippen LogP contribution is 2.19. The average Bonchev–Trinajstić information content (AvgIpc) is 2.65. The third-order valence-electron chi connectivity index (χ3n) is 4.94. The van der Waals surface area contributed by atoms with Crippen LogP contribution >= 0.6 is 11.6 Å². The molecule has 1 heterocycles. The fourth-order valence-electron chi connectivity index (χ4n) is 3.45. The molecular formula is C21H27ClN4O2+2. The molecule has 0 atom stereocenters. The van der Waals surface area contributed by atoms with Gasteiger partial charge in [0.25, 0.3) is 11.8 Å². The molecule has 0 aromatic heterocycles. The van der Waals surface area contributed by atoms with Crippen molar-refractivity contribution in [2.75, 3.05) is 49.9 Å². The molecule has 4 N–H and O–H groups in total. The van der Waals surface area contributed by atoms with E-state index in [0.29, 0.717) is 23.8 Å². The Balaban J connectivity index is 1.40. The molecule has 3 rings (SSSR count). The van der Waals surface area contributed by atoms with Crippen molar-refractivity contribution in [1.29, 1.82) is 0 Å². The molecule has 1 saturated heterocycles. The van der Waals surface area contributed by atoms with Crippen molar-refractivity contribution in [2.45, 2.75) is 6.92 Å². The first-order valence-corrected chi connectivity index (χ1v) is 9.95. The van der Waals surface area contributed by atoms with Gasteiger partial charge in [0.05, 0.1) is 10.7 Å². The zero-order chi connectivity index (χ0) is 19.9. The van der Waals surface area contributed by atoms with Crippen LogP contribution in [0.15, 0.2) is 48.5 Å². The lowest BCUT2D eigenvalue weighted by Gasteiger charge is -2.29. The van der Waals surface area contributed by atoms with Crippen LogP contribution in [0.2, 0.25) is 5.02 Å². The highest BCUT2D eigenvalue weighted by molar-refractivity contribution is 6.33. The third-order valence-corrected chi connectivity index (χ3v) is 5.26. The molecular weight excluding hydrogens is 376 g/mol. The second-order valence-corrected chi connectivity index (χ2v) is 7.71. The maximum Gasteiger partial charge on any atom is 0.279 e. The van der Waals surface area contributed by atoms with Gasteiger partial charge in [-0.15, -0.1) is 0 Å². The molecule has 0 spiro atoms. The maximum absolute atomic E-state index is 12.3. The first-order chi connectivity index (χ1) is 13.5. The van der Waals surface area contributed by atoms with Crippen LogP contribution in [-0.4, -0.2) is 51.1 Å². The molecule has 1 aliphatic heterocycles. The van der Waals surface area contributed by atoms with E-state index in [1.165, 1.54) is 9.80 Å². The van der Waals surface area contributed by atoms with Gasteiger partial charge in [-0.05, 0) is 36.8 Å². The number of benzene rings is 2. The summed E-state index contributed by atoms with van der Waals surface area (Å²) in [6.45, 7) is 6.34. The van der Waals surface area contributed by atoms with Crippen LogP contribution in [0.3, 0.4) is 0 Å². The summed E-state index contributed by atoms with van der Waals surface area (Å²) in [6.07, 6.45) is 0. The number of piperazine rings is 1. The quantitative estimate of drug-likeness (QED) is 0.550. The smallest absolute Gasteiger partial charge is 0.279 e. The molecule has 148 valence electrons. The summed E-state index contributed by atoms with van der Waals surface area (Å²) < 4.78 is 0. The number of hydrogen-bond acceptors (Lipinski definition) is 2. The Bertz CT molecular complexity index is 835. The topological polar surface area (TPSA) is 67.1 Å². The summed E-state index contributed by atoms with van der Waals surface area (Å²) in [4.78, 5) is 27.0. The predicted molar refractivity (Wildman–Crippen MR) is 111 cm³/mol. The minimum atomic E-state index is -0.0382. The Hall–Kier alpha value is -2.41. The van der Waals surface area contributed by atoms with Gasteiger partial charge in [-0.2, -0.15) is 0 Å². The predicted octanol–water partition coefficient (Wildman–Crippen LogP) is 0.00902. The Morgan fingerprint density at radius 3 is 2.11 bits per heavy atom. The number of amides is 2. The zero-order valence-corrected chi connectivity index (χ0v) is 16.8. The normalized spacial score (nSPS) is 19.1. The van der Waals surface area contributed by atoms with E-state index >= 15 is 0 Å². The van der Waals surface area contributed by atoms with Crippen LogP contribution in [0.25, 0.3) is 0 Å². The Morgan fingerprint density at radius 2 is 1.50 bits per heavy atom. The SMILES string of the molecule is Cc1cccc(NC(=O)C[NH+]2CC[NH+](CC(=O)Nc3ccccc3Cl)CC2)c1. The van der Waals surface area contributed by atoms with Crippen molar-refractivity contribution in [2.24, 2.45) is 0 Å². The van der Waals surface area contributed by atoms with E-state index in [0.717, 1.165) is 37.4 Å². The second kappa shape index (κ2) is 9.68. The molecule has 0 bridgehead atoms. The summed E-state index contributed by atoms with van der Waals surface area (Å²) in [7, 11) is 0. The minimum Gasteiger partial charge on any atom is -0.321 e. The molecule has 0 saturated carbocycles. The number of carbonyl (C=O) groups is 2. The molecule has 0 aliphatic carbocycles. The zero-order valence-electron chi connectivity index (χ0n) is 16.1. The van der Waals surface area contributed by atoms with Crippen molar-refractivity contribution in [3.05, 3.63) is 59.1 Å². The van der Waals surface area contributed by atoms with Gasteiger partial charge in [-0.1, -0.05) is 35.9 Å². The van der Waals surface area contributed by atoms with Gasteiger partial charge in [0.2, 0.25) is 0 Å². The molecule has 2 aromatic rings. The van der Waals surface area contributed by atoms with E-state index in [4.69, 9.17) is 11.6 Å². The number of hydrogen-bond donors (Lipinski definition) is 4. The van der Waals surface area contributed by atoms with Gasteiger partial charge < -0.3 is 20.4 Å². The monoisotopic (exact) mass is 402 g/mol. The van der Waals surface area contributed by atoms with Crippen LogP contribution in [-0.2, 0) is 9.59 Å². The number of para-hydroxylation sites is 1. The van der Waals surface area contributed by atoms with E-state index < -0.39 is 0 Å². The van der Waals surface area contributed by atoms with Gasteiger partial charge in [0, 0.05) is 5.69 Å². The number of anilines is 2. The molecule has 2 amide bonds. The first-order valence-electron chi connectivity index (χ1n) is 9.57. The van der Waals surface area contributed by atoms with Crippen LogP contribution in [0, 0.1) is 6.92 Å². The molecule has 7 heteroatoms. The molecule has 1 fully saturated rings. The summed E-state index contributed by atoms with van der Waals surface area (Å²) in [5, 5.41) is 6.37. The van der Waals surface area contributed by atoms with Crippen molar-refractivity contribution >= 4 is 34.8 Å². The Morgan fingerprint density at radius 1 is 0.893 bits per heavy atom. The number of quaternary nitrogens is 2. The second-order valence-electron chi connectivity index (χ2n) is 7.30. The molecule has 0 unspecified atom stereocenters. The highest BCUT2D eigenvalue weighted by atomic mass is 35.5. The Kier molecular flexibility index (Phi) is 7.03. The van der Waals surface area contributed by atoms with Crippen LogP contribution in [0.5, 0.6) is 0 Å². The highest BCUT2D eigenvalue weighted by Gasteiger charge is 2.26. The number of halogens is 1. The number of aryl methyl sites for hydroxylation is 1. The van der Waals surface area contributed by atoms with Crippen molar-refractivity contribution in [3.8, 4) is 0 Å². The standard InChI is InChI=1S/C21H25ClN4O2/c1-16-5-4-6-17(13-16)23-20(27)14-25-9-11-26(12-10-25)15-21(28)24-19-8-3-2-7-18(19)22/h2-8,13H,9-12,14-15H2,1H3,(H,23,27)(H,24,28)/p+2. The molecule has 0 radical (unpaired) electrons. The van der Waals surface area contributed by atoms with Crippen molar-refractivity contribution < 1.29 is 19.4 Å². The van der Waals surface area contributed by atoms with Crippen LogP contribution < -0.4 is 20.4 Å². The largest absolute Gasteiger partial charge is 0.321 e. The minimum absolute atomic E-state index is 0.0283. The lowest BCUT2D eigenvalue weighted by molar-refractivity contribution is -1.00. The fraction of sp³-hybridized carbons (Fsp3) is 0.333. The molecule has 2 aromatic carbocycles. The van der Waals surface area contributed by atoms with Crippen molar-refractivity contribution in [1.82, 2.24) is 0 Å². The lowest BCUT2D eigenvalue weighted by Crippen LogP contribution is -3.28. The summed E-state index contributed by atoms with van der Waals surface area (Å²) in [5.74, 6) is -0.00995. The summed E-state index contributed by atoms with van der Waals surface area (Å²) in [6, 6.07) is 15.0. The number of nitrogens with one attached hydrogen (secondary N) is 4. The van der Waals surface area contributed by atoms with Crippen LogP contribution in [0.4, 0.5) is 11.4 Å². The summed E-state index contributed by atoms with van der Waals surface area (Å²) >= 11 is 6.08. The van der Waals surface area contributed by atoms with Crippen molar-refractivity contribution in [3.63, 3.8) is 0 Å². The molecule has 6 nitrogen and oxygen atoms in total. The van der Waals surface area contributed by atoms with E-state index in [1.54, 1.807) is 12.1 Å². The van der Waals surface area contributed by atoms with E-state index in [9.17, 15) is 9.59 Å². The molecule has 1 aliphatic rings. The van der Waals surface area contributed by atoms with E-state index in [-0.39, 0.29) is 11.8 Å². The van der Waals surface area contributed by atoms with Gasteiger partial charge in [0.15, 0.2) is 13.1 Å². The van der Waals surface area contributed by atoms with Gasteiger partial charge >= 0.3 is 0 Å². The average molecular weight is 403 g/mol. The number of rotatable bonds is 6. The molecule has 28 heavy (non-hydrogen) atoms. The first kappa shape index (κ1) is 20.3. The Labute approximate surface area is 170 Å². The van der Waals surface area contributed by atoms with E-state index in [1.807, 2.05) is 43.3 Å². The van der Waals surface area contributed by atoms with Gasteiger partial charge in [-0.3, -0.25) is 9.59 Å². The van der Waals surface area contributed by atoms with Gasteiger partial charge in [-0.25, -0.2) is 0 Å². The third kappa shape index (κ3) is 6.05. The van der Waals surface area contributed by atoms with E-state index in [2.05, 4.69) is 10.6 Å². The lowest BCUT2D eigenvalue weighted by atomic mass is 10.2. The summed E-state index contributed by atoms with van der Waals surface area (Å²) in [5.41, 5.74) is 2.60. The fourth-order valence-corrected chi connectivity index (χ4v) is 3.63. The maximum atomic E-state index is 12.3. The number of carbonyl (C=O) groups excluding carboxylic acids is 2. The van der Waals surface area contributed by atoms with Gasteiger partial charge in [0.1, 0.15) is 26.2 Å². The van der Waals surface area contributed by atoms with Crippen LogP contribution in [0.1, 0.15) is 5.56 Å².